The molecule has 1 aromatic carbocycles. The molecule has 0 atom stereocenters. The largest absolute Gasteiger partial charge is 0.481 e. The number of carboxylic acids is 1. The number of benzene rings is 1. The zero-order chi connectivity index (χ0) is 17.2. The molecule has 0 radical (unpaired) electrons. The lowest BCUT2D eigenvalue weighted by molar-refractivity contribution is -0.142. The molecule has 0 aliphatic rings. The van der Waals surface area contributed by atoms with E-state index in [-0.39, 0.29) is 23.5 Å². The molecule has 3 N–H and O–H groups in total. The molecule has 0 saturated carbocycles. The van der Waals surface area contributed by atoms with E-state index in [9.17, 15) is 18.0 Å². The van der Waals surface area contributed by atoms with E-state index in [0.717, 1.165) is 0 Å². The summed E-state index contributed by atoms with van der Waals surface area (Å²) in [7, 11) is 0. The van der Waals surface area contributed by atoms with E-state index in [1.807, 2.05) is 0 Å². The summed E-state index contributed by atoms with van der Waals surface area (Å²) in [5.74, 6) is -1.37. The summed E-state index contributed by atoms with van der Waals surface area (Å²) in [5, 5.41) is 21.6. The van der Waals surface area contributed by atoms with Crippen molar-refractivity contribution >= 4 is 11.8 Å². The zero-order valence-corrected chi connectivity index (χ0v) is 11.6. The van der Waals surface area contributed by atoms with Gasteiger partial charge in [-0.3, -0.25) is 4.79 Å². The van der Waals surface area contributed by atoms with Crippen molar-refractivity contribution in [2.24, 2.45) is 0 Å². The monoisotopic (exact) mass is 324 g/mol. The topological polar surface area (TPSA) is 105 Å². The number of hydrogen-bond acceptors (Lipinski definition) is 4. The van der Waals surface area contributed by atoms with Gasteiger partial charge in [-0.15, -0.1) is 0 Å². The Morgan fingerprint density at radius 2 is 1.96 bits per heavy atom. The first-order chi connectivity index (χ1) is 10.7. The molecule has 0 spiro atoms. The van der Waals surface area contributed by atoms with Gasteiger partial charge in [-0.2, -0.15) is 23.5 Å². The van der Waals surface area contributed by atoms with Crippen molar-refractivity contribution in [3.63, 3.8) is 0 Å². The molecule has 0 aliphatic heterocycles. The van der Waals surface area contributed by atoms with Gasteiger partial charge in [-0.05, 0) is 5.56 Å². The van der Waals surface area contributed by atoms with E-state index >= 15 is 0 Å². The van der Waals surface area contributed by atoms with E-state index in [2.05, 4.69) is 5.10 Å². The molecule has 120 valence electrons. The van der Waals surface area contributed by atoms with Crippen LogP contribution in [0.25, 0.3) is 11.3 Å². The summed E-state index contributed by atoms with van der Waals surface area (Å²) in [4.78, 5) is 10.6. The van der Waals surface area contributed by atoms with Gasteiger partial charge in [0.2, 0.25) is 0 Å². The Labute approximate surface area is 128 Å². The minimum Gasteiger partial charge on any atom is -0.481 e. The third kappa shape index (κ3) is 3.79. The van der Waals surface area contributed by atoms with Gasteiger partial charge in [0, 0.05) is 5.56 Å². The lowest BCUT2D eigenvalue weighted by Crippen LogP contribution is -2.20. The van der Waals surface area contributed by atoms with E-state index < -0.39 is 18.7 Å². The lowest BCUT2D eigenvalue weighted by Gasteiger charge is -2.07. The molecule has 1 heterocycles. The van der Waals surface area contributed by atoms with Gasteiger partial charge in [-0.1, -0.05) is 24.3 Å². The first-order valence-electron chi connectivity index (χ1n) is 6.35. The fraction of sp³-hybridized carbons (Fsp3) is 0.214. The molecule has 1 aromatic heterocycles. The van der Waals surface area contributed by atoms with Crippen molar-refractivity contribution in [3.05, 3.63) is 35.4 Å². The number of aromatic nitrogens is 2. The Bertz CT molecular complexity index is 773. The Morgan fingerprint density at radius 1 is 1.35 bits per heavy atom. The summed E-state index contributed by atoms with van der Waals surface area (Å²) in [6.45, 7) is -1.40. The first-order valence-corrected chi connectivity index (χ1v) is 6.35. The van der Waals surface area contributed by atoms with Crippen LogP contribution in [-0.2, 0) is 17.8 Å². The number of anilines is 1. The number of nitrogens with two attached hydrogens (primary N) is 1. The third-order valence-electron chi connectivity index (χ3n) is 3.02. The SMILES string of the molecule is N#Cc1c(-c2ccc(CC(=O)O)cc2)nn(CC(F)(F)F)c1N. The van der Waals surface area contributed by atoms with E-state index in [4.69, 9.17) is 16.1 Å². The van der Waals surface area contributed by atoms with Crippen molar-refractivity contribution < 1.29 is 23.1 Å². The number of nitrogen functional groups attached to an aromatic ring is 1. The van der Waals surface area contributed by atoms with Gasteiger partial charge in [0.05, 0.1) is 6.42 Å². The minimum absolute atomic E-state index is 0.0242. The van der Waals surface area contributed by atoms with Crippen LogP contribution in [0.4, 0.5) is 19.0 Å². The second-order valence-corrected chi connectivity index (χ2v) is 4.76. The van der Waals surface area contributed by atoms with Crippen LogP contribution in [0.5, 0.6) is 0 Å². The molecule has 6 nitrogen and oxygen atoms in total. The highest BCUT2D eigenvalue weighted by Gasteiger charge is 2.31. The quantitative estimate of drug-likeness (QED) is 0.897. The second kappa shape index (κ2) is 6.00. The van der Waals surface area contributed by atoms with Crippen molar-refractivity contribution in [1.29, 1.82) is 5.26 Å². The van der Waals surface area contributed by atoms with Gasteiger partial charge in [0.1, 0.15) is 29.7 Å². The maximum Gasteiger partial charge on any atom is 0.408 e. The fourth-order valence-corrected chi connectivity index (χ4v) is 2.03. The first kappa shape index (κ1) is 16.4. The molecule has 0 bridgehead atoms. The Kier molecular flexibility index (Phi) is 4.27. The number of hydrogen-bond donors (Lipinski definition) is 2. The van der Waals surface area contributed by atoms with Crippen LogP contribution in [0, 0.1) is 11.3 Å². The maximum absolute atomic E-state index is 12.5. The molecular formula is C14H11F3N4O2. The molecule has 0 unspecified atom stereocenters. The summed E-state index contributed by atoms with van der Waals surface area (Å²) in [6.07, 6.45) is -4.70. The second-order valence-electron chi connectivity index (χ2n) is 4.76. The van der Waals surface area contributed by atoms with Crippen LogP contribution in [0.2, 0.25) is 0 Å². The maximum atomic E-state index is 12.5. The number of halogens is 3. The molecule has 2 rings (SSSR count). The molecule has 2 aromatic rings. The van der Waals surface area contributed by atoms with Crippen LogP contribution in [-0.4, -0.2) is 27.0 Å². The van der Waals surface area contributed by atoms with E-state index in [0.29, 0.717) is 15.8 Å². The predicted octanol–water partition coefficient (Wildman–Crippen LogP) is 2.19. The van der Waals surface area contributed by atoms with Crippen molar-refractivity contribution in [2.45, 2.75) is 19.1 Å². The molecule has 9 heteroatoms. The molecule has 0 saturated heterocycles. The van der Waals surface area contributed by atoms with Crippen LogP contribution in [0.15, 0.2) is 24.3 Å². The Balaban J connectivity index is 2.41. The standard InChI is InChI=1S/C14H11F3N4O2/c15-14(16,17)7-21-13(19)10(6-18)12(20-21)9-3-1-8(2-4-9)5-11(22)23/h1-4H,5,7,19H2,(H,22,23). The average Bonchev–Trinajstić information content (AvgIpc) is 2.73. The van der Waals surface area contributed by atoms with Gasteiger partial charge < -0.3 is 10.8 Å². The van der Waals surface area contributed by atoms with Crippen molar-refractivity contribution in [3.8, 4) is 17.3 Å². The molecule has 0 aliphatic carbocycles. The number of rotatable bonds is 4. The Morgan fingerprint density at radius 3 is 2.43 bits per heavy atom. The summed E-state index contributed by atoms with van der Waals surface area (Å²) >= 11 is 0. The highest BCUT2D eigenvalue weighted by Crippen LogP contribution is 2.29. The molecule has 23 heavy (non-hydrogen) atoms. The molecule has 0 fully saturated rings. The van der Waals surface area contributed by atoms with Crippen molar-refractivity contribution in [1.82, 2.24) is 9.78 Å². The van der Waals surface area contributed by atoms with E-state index in [1.165, 1.54) is 24.3 Å². The minimum atomic E-state index is -4.52. The third-order valence-corrected chi connectivity index (χ3v) is 3.02. The van der Waals surface area contributed by atoms with Crippen LogP contribution >= 0.6 is 0 Å². The number of carbonyl (C=O) groups is 1. The number of nitrogens with zero attached hydrogens (tertiary/aromatic N) is 3. The number of aliphatic carboxylic acids is 1. The summed E-state index contributed by atoms with van der Waals surface area (Å²) < 4.78 is 38.0. The van der Waals surface area contributed by atoms with Crippen molar-refractivity contribution in [2.75, 3.05) is 5.73 Å². The highest BCUT2D eigenvalue weighted by atomic mass is 19.4. The van der Waals surface area contributed by atoms with Gasteiger partial charge in [0.15, 0.2) is 0 Å². The zero-order valence-electron chi connectivity index (χ0n) is 11.6. The van der Waals surface area contributed by atoms with Gasteiger partial charge in [0.25, 0.3) is 0 Å². The van der Waals surface area contributed by atoms with Crippen LogP contribution in [0.3, 0.4) is 0 Å². The van der Waals surface area contributed by atoms with Crippen LogP contribution < -0.4 is 5.73 Å². The lowest BCUT2D eigenvalue weighted by atomic mass is 10.0. The normalized spacial score (nSPS) is 11.2. The van der Waals surface area contributed by atoms with E-state index in [1.54, 1.807) is 6.07 Å². The number of alkyl halides is 3. The summed E-state index contributed by atoms with van der Waals surface area (Å²) in [6, 6.07) is 7.72. The predicted molar refractivity (Wildman–Crippen MR) is 74.2 cm³/mol. The number of nitriles is 1. The number of carboxylic acid groups (broad SMARTS) is 1. The van der Waals surface area contributed by atoms with Gasteiger partial charge in [-0.25, -0.2) is 4.68 Å². The fourth-order valence-electron chi connectivity index (χ4n) is 2.03. The summed E-state index contributed by atoms with van der Waals surface area (Å²) in [5.41, 5.74) is 6.32. The Hall–Kier alpha value is -3.02. The van der Waals surface area contributed by atoms with Gasteiger partial charge >= 0.3 is 12.1 Å². The van der Waals surface area contributed by atoms with Crippen LogP contribution in [0.1, 0.15) is 11.1 Å². The highest BCUT2D eigenvalue weighted by molar-refractivity contribution is 5.74. The smallest absolute Gasteiger partial charge is 0.408 e. The average molecular weight is 324 g/mol. The molecule has 0 amide bonds. The molecular weight excluding hydrogens is 313 g/mol.